The van der Waals surface area contributed by atoms with Crippen LogP contribution in [0, 0.1) is 13.8 Å². The Hall–Kier alpha value is -0.0900. The molecule has 0 bridgehead atoms. The van der Waals surface area contributed by atoms with Crippen molar-refractivity contribution in [3.05, 3.63) is 17.2 Å². The fourth-order valence-electron chi connectivity index (χ4n) is 2.75. The van der Waals surface area contributed by atoms with Gasteiger partial charge in [0, 0.05) is 13.8 Å². The number of nitrogens with zero attached hydrogens (tertiary/aromatic N) is 2. The van der Waals surface area contributed by atoms with E-state index in [-0.39, 0.29) is 4.08 Å². The topological polar surface area (TPSA) is 8.81 Å². The molecule has 0 fully saturated rings. The molecular formula is C15H29N2S2+. The van der Waals surface area contributed by atoms with Gasteiger partial charge in [-0.15, -0.1) is 23.5 Å². The molecule has 0 radical (unpaired) electrons. The summed E-state index contributed by atoms with van der Waals surface area (Å²) >= 11 is 3.86. The molecule has 0 saturated heterocycles. The molecule has 0 atom stereocenters. The van der Waals surface area contributed by atoms with Crippen LogP contribution in [0.25, 0.3) is 0 Å². The zero-order valence-electron chi connectivity index (χ0n) is 13.9. The summed E-state index contributed by atoms with van der Waals surface area (Å²) in [6, 6.07) is 0.986. The molecule has 0 aromatic carbocycles. The van der Waals surface area contributed by atoms with Crippen LogP contribution in [-0.4, -0.2) is 17.1 Å². The maximum absolute atomic E-state index is 2.52. The van der Waals surface area contributed by atoms with Gasteiger partial charge < -0.3 is 0 Å². The third kappa shape index (κ3) is 2.85. The second-order valence-corrected chi connectivity index (χ2v) is 8.48. The minimum Gasteiger partial charge on any atom is -0.227 e. The van der Waals surface area contributed by atoms with Crippen molar-refractivity contribution in [3.63, 3.8) is 0 Å². The molecule has 0 spiro atoms. The van der Waals surface area contributed by atoms with Crippen molar-refractivity contribution in [2.75, 3.05) is 12.5 Å². The van der Waals surface area contributed by atoms with Crippen molar-refractivity contribution in [2.45, 2.75) is 64.6 Å². The number of rotatable bonds is 5. The van der Waals surface area contributed by atoms with E-state index < -0.39 is 0 Å². The van der Waals surface area contributed by atoms with Gasteiger partial charge in [0.2, 0.25) is 0 Å². The van der Waals surface area contributed by atoms with Crippen LogP contribution in [0.5, 0.6) is 0 Å². The van der Waals surface area contributed by atoms with E-state index in [9.17, 15) is 0 Å². The Morgan fingerprint density at radius 3 is 1.84 bits per heavy atom. The lowest BCUT2D eigenvalue weighted by molar-refractivity contribution is -0.728. The van der Waals surface area contributed by atoms with E-state index in [2.05, 4.69) is 70.1 Å². The molecule has 0 unspecified atom stereocenters. The van der Waals surface area contributed by atoms with Crippen LogP contribution < -0.4 is 4.57 Å². The summed E-state index contributed by atoms with van der Waals surface area (Å²) in [6.07, 6.45) is 4.42. The van der Waals surface area contributed by atoms with Gasteiger partial charge in [-0.1, -0.05) is 0 Å². The fraction of sp³-hybridized carbons (Fsp3) is 0.800. The zero-order chi connectivity index (χ0) is 15.0. The van der Waals surface area contributed by atoms with Crippen molar-refractivity contribution < 1.29 is 4.57 Å². The van der Waals surface area contributed by atoms with E-state index >= 15 is 0 Å². The quantitative estimate of drug-likeness (QED) is 0.586. The van der Waals surface area contributed by atoms with Crippen LogP contribution in [0.4, 0.5) is 0 Å². The van der Waals surface area contributed by atoms with E-state index in [1.54, 1.807) is 0 Å². The zero-order valence-corrected chi connectivity index (χ0v) is 15.5. The number of thioether (sulfide) groups is 2. The van der Waals surface area contributed by atoms with Crippen LogP contribution in [0.3, 0.4) is 0 Å². The van der Waals surface area contributed by atoms with Gasteiger partial charge in [-0.3, -0.25) is 0 Å². The van der Waals surface area contributed by atoms with Gasteiger partial charge in [-0.25, -0.2) is 9.13 Å². The Kier molecular flexibility index (Phi) is 5.47. The second kappa shape index (κ2) is 6.13. The van der Waals surface area contributed by atoms with Gasteiger partial charge in [-0.2, -0.15) is 0 Å². The van der Waals surface area contributed by atoms with E-state index in [0.717, 1.165) is 0 Å². The lowest BCUT2D eigenvalue weighted by atomic mass is 10.3. The van der Waals surface area contributed by atoms with Crippen molar-refractivity contribution in [2.24, 2.45) is 0 Å². The first-order valence-electron chi connectivity index (χ1n) is 6.94. The summed E-state index contributed by atoms with van der Waals surface area (Å²) in [7, 11) is 0. The maximum Gasteiger partial charge on any atom is 0.283 e. The molecule has 110 valence electrons. The first-order valence-corrected chi connectivity index (χ1v) is 9.39. The average Bonchev–Trinajstić information content (AvgIpc) is 2.62. The first-order chi connectivity index (χ1) is 8.71. The lowest BCUT2D eigenvalue weighted by Gasteiger charge is -2.25. The summed E-state index contributed by atoms with van der Waals surface area (Å²) in [6.45, 7) is 16.0. The van der Waals surface area contributed by atoms with Crippen LogP contribution in [-0.2, 0) is 4.08 Å². The molecular weight excluding hydrogens is 272 g/mol. The Morgan fingerprint density at radius 1 is 1.05 bits per heavy atom. The van der Waals surface area contributed by atoms with E-state index in [0.29, 0.717) is 12.1 Å². The summed E-state index contributed by atoms with van der Waals surface area (Å²) in [5.74, 6) is 1.44. The van der Waals surface area contributed by atoms with Crippen molar-refractivity contribution in [1.29, 1.82) is 0 Å². The minimum absolute atomic E-state index is 0.0908. The van der Waals surface area contributed by atoms with Crippen LogP contribution >= 0.6 is 23.5 Å². The molecule has 1 rings (SSSR count). The van der Waals surface area contributed by atoms with Gasteiger partial charge in [0.25, 0.3) is 5.82 Å². The van der Waals surface area contributed by atoms with E-state index in [1.165, 1.54) is 17.2 Å². The highest BCUT2D eigenvalue weighted by Gasteiger charge is 2.42. The highest BCUT2D eigenvalue weighted by atomic mass is 32.2. The molecule has 0 aliphatic heterocycles. The SMILES string of the molecule is CSC(C)(SC)c1n(C(C)C)c(C)c(C)[n+]1C(C)C. The summed E-state index contributed by atoms with van der Waals surface area (Å²) < 4.78 is 5.12. The smallest absolute Gasteiger partial charge is 0.227 e. The molecule has 0 aliphatic carbocycles. The summed E-state index contributed by atoms with van der Waals surface area (Å²) in [4.78, 5) is 0. The molecule has 0 N–H and O–H groups in total. The number of hydrogen-bond acceptors (Lipinski definition) is 2. The number of hydrogen-bond donors (Lipinski definition) is 0. The molecule has 19 heavy (non-hydrogen) atoms. The van der Waals surface area contributed by atoms with Crippen LogP contribution in [0.15, 0.2) is 0 Å². The van der Waals surface area contributed by atoms with Gasteiger partial charge in [-0.05, 0) is 47.1 Å². The van der Waals surface area contributed by atoms with Crippen molar-refractivity contribution in [1.82, 2.24) is 4.57 Å². The molecule has 2 nitrogen and oxygen atoms in total. The molecule has 0 amide bonds. The predicted molar refractivity (Wildman–Crippen MR) is 89.3 cm³/mol. The predicted octanol–water partition coefficient (Wildman–Crippen LogP) is 4.45. The van der Waals surface area contributed by atoms with Crippen molar-refractivity contribution in [3.8, 4) is 0 Å². The first kappa shape index (κ1) is 17.0. The Labute approximate surface area is 127 Å². The highest BCUT2D eigenvalue weighted by Crippen LogP contribution is 2.44. The number of aromatic nitrogens is 2. The maximum atomic E-state index is 2.52. The van der Waals surface area contributed by atoms with Gasteiger partial charge >= 0.3 is 0 Å². The minimum atomic E-state index is 0.0908. The molecule has 0 aliphatic rings. The van der Waals surface area contributed by atoms with Gasteiger partial charge in [0.05, 0.1) is 12.1 Å². The van der Waals surface area contributed by atoms with Gasteiger partial charge in [0.15, 0.2) is 4.08 Å². The summed E-state index contributed by atoms with van der Waals surface area (Å²) in [5, 5.41) is 0. The lowest BCUT2D eigenvalue weighted by Crippen LogP contribution is -2.46. The normalized spacial score (nSPS) is 12.8. The van der Waals surface area contributed by atoms with Crippen LogP contribution in [0.2, 0.25) is 0 Å². The Bertz CT molecular complexity index is 412. The van der Waals surface area contributed by atoms with Crippen molar-refractivity contribution >= 4 is 23.5 Å². The van der Waals surface area contributed by atoms with Crippen LogP contribution in [0.1, 0.15) is 63.9 Å². The third-order valence-electron chi connectivity index (χ3n) is 3.92. The molecule has 1 heterocycles. The molecule has 0 saturated carbocycles. The molecule has 1 aromatic rings. The highest BCUT2D eigenvalue weighted by molar-refractivity contribution is 8.16. The Balaban J connectivity index is 3.72. The summed E-state index contributed by atoms with van der Waals surface area (Å²) in [5.41, 5.74) is 2.79. The third-order valence-corrected chi connectivity index (χ3v) is 6.84. The number of imidazole rings is 1. The molecule has 1 aromatic heterocycles. The van der Waals surface area contributed by atoms with Gasteiger partial charge in [0.1, 0.15) is 11.4 Å². The second-order valence-electron chi connectivity index (χ2n) is 5.78. The largest absolute Gasteiger partial charge is 0.283 e. The van der Waals surface area contributed by atoms with E-state index in [1.807, 2.05) is 23.5 Å². The average molecular weight is 302 g/mol. The Morgan fingerprint density at radius 2 is 1.53 bits per heavy atom. The van der Waals surface area contributed by atoms with E-state index in [4.69, 9.17) is 0 Å². The monoisotopic (exact) mass is 301 g/mol. The standard InChI is InChI=1S/C15H29N2S2/c1-10(2)16-12(5)13(6)17(11(3)4)14(16)15(7,18-8)19-9/h10-11H,1-9H3/q+1. The fourth-order valence-corrected chi connectivity index (χ4v) is 4.17. The molecule has 4 heteroatoms.